The number of urea groups is 1. The molecule has 1 aliphatic rings. The molecule has 1 heterocycles. The first-order valence-electron chi connectivity index (χ1n) is 8.06. The maximum atomic E-state index is 14.1. The van der Waals surface area contributed by atoms with E-state index in [4.69, 9.17) is 9.47 Å². The van der Waals surface area contributed by atoms with Gasteiger partial charge in [0.2, 0.25) is 0 Å². The van der Waals surface area contributed by atoms with Gasteiger partial charge >= 0.3 is 6.03 Å². The summed E-state index contributed by atoms with van der Waals surface area (Å²) in [6.45, 7) is 5.56. The molecule has 0 aromatic heterocycles. The number of hydrogen-bond donors (Lipinski definition) is 1. The van der Waals surface area contributed by atoms with E-state index in [1.54, 1.807) is 24.0 Å². The van der Waals surface area contributed by atoms with E-state index in [0.717, 1.165) is 19.4 Å². The highest BCUT2D eigenvalue weighted by Crippen LogP contribution is 2.27. The Labute approximate surface area is 136 Å². The minimum atomic E-state index is -0.489. The molecule has 6 heteroatoms. The minimum absolute atomic E-state index is 0.0963. The Balaban J connectivity index is 2.03. The lowest BCUT2D eigenvalue weighted by atomic mass is 10.1. The van der Waals surface area contributed by atoms with Crippen molar-refractivity contribution >= 4 is 6.03 Å². The summed E-state index contributed by atoms with van der Waals surface area (Å²) in [6.07, 6.45) is 2.10. The minimum Gasteiger partial charge on any atom is -0.496 e. The zero-order valence-electron chi connectivity index (χ0n) is 14.0. The summed E-state index contributed by atoms with van der Waals surface area (Å²) < 4.78 is 24.9. The maximum Gasteiger partial charge on any atom is 0.317 e. The lowest BCUT2D eigenvalue weighted by molar-refractivity contribution is 0.0821. The predicted octanol–water partition coefficient (Wildman–Crippen LogP) is 3.11. The number of carbonyl (C=O) groups is 1. The Bertz CT molecular complexity index is 533. The largest absolute Gasteiger partial charge is 0.496 e. The summed E-state index contributed by atoms with van der Waals surface area (Å²) in [5, 5.41) is 2.85. The second-order valence-electron chi connectivity index (χ2n) is 5.70. The third-order valence-corrected chi connectivity index (χ3v) is 4.12. The number of benzene rings is 1. The summed E-state index contributed by atoms with van der Waals surface area (Å²) in [6, 6.07) is 3.93. The number of hydrogen-bond acceptors (Lipinski definition) is 3. The lowest BCUT2D eigenvalue weighted by Crippen LogP contribution is -2.44. The Morgan fingerprint density at radius 1 is 1.57 bits per heavy atom. The van der Waals surface area contributed by atoms with Crippen LogP contribution in [0.15, 0.2) is 18.2 Å². The van der Waals surface area contributed by atoms with Gasteiger partial charge < -0.3 is 19.7 Å². The van der Waals surface area contributed by atoms with Gasteiger partial charge in [0.05, 0.1) is 24.8 Å². The summed E-state index contributed by atoms with van der Waals surface area (Å²) in [7, 11) is 1.49. The average molecular weight is 324 g/mol. The predicted molar refractivity (Wildman–Crippen MR) is 86.1 cm³/mol. The van der Waals surface area contributed by atoms with Crippen LogP contribution in [-0.4, -0.2) is 43.8 Å². The summed E-state index contributed by atoms with van der Waals surface area (Å²) in [4.78, 5) is 14.1. The third-order valence-electron chi connectivity index (χ3n) is 4.12. The highest BCUT2D eigenvalue weighted by atomic mass is 19.1. The van der Waals surface area contributed by atoms with E-state index < -0.39 is 6.04 Å². The molecule has 2 atom stereocenters. The molecule has 0 radical (unpaired) electrons. The highest BCUT2D eigenvalue weighted by molar-refractivity contribution is 5.74. The monoisotopic (exact) mass is 324 g/mol. The molecule has 0 bridgehead atoms. The van der Waals surface area contributed by atoms with Gasteiger partial charge in [-0.05, 0) is 38.8 Å². The first-order valence-corrected chi connectivity index (χ1v) is 8.06. The normalized spacial score (nSPS) is 18.5. The molecule has 0 saturated carbocycles. The molecule has 1 aromatic carbocycles. The number of amides is 2. The molecule has 1 aromatic rings. The first-order chi connectivity index (χ1) is 11.1. The first kappa shape index (κ1) is 17.5. The van der Waals surface area contributed by atoms with Gasteiger partial charge in [-0.25, -0.2) is 9.18 Å². The van der Waals surface area contributed by atoms with Crippen molar-refractivity contribution in [3.05, 3.63) is 29.6 Å². The lowest BCUT2D eigenvalue weighted by Gasteiger charge is -2.27. The van der Waals surface area contributed by atoms with Crippen LogP contribution in [0.4, 0.5) is 9.18 Å². The Morgan fingerprint density at radius 3 is 2.96 bits per heavy atom. The van der Waals surface area contributed by atoms with Crippen LogP contribution in [0.2, 0.25) is 0 Å². The topological polar surface area (TPSA) is 50.8 Å². The summed E-state index contributed by atoms with van der Waals surface area (Å²) >= 11 is 0. The molecule has 1 N–H and O–H groups in total. The van der Waals surface area contributed by atoms with Crippen LogP contribution < -0.4 is 10.1 Å². The van der Waals surface area contributed by atoms with Crippen LogP contribution in [0.5, 0.6) is 5.75 Å². The molecular formula is C17H25FN2O3. The molecule has 128 valence electrons. The van der Waals surface area contributed by atoms with Gasteiger partial charge in [0.1, 0.15) is 11.6 Å². The van der Waals surface area contributed by atoms with Crippen molar-refractivity contribution in [3.63, 3.8) is 0 Å². The molecule has 0 aliphatic carbocycles. The van der Waals surface area contributed by atoms with Gasteiger partial charge in [-0.15, -0.1) is 0 Å². The molecule has 1 saturated heterocycles. The zero-order chi connectivity index (χ0) is 16.8. The van der Waals surface area contributed by atoms with Crippen LogP contribution in [0, 0.1) is 5.82 Å². The van der Waals surface area contributed by atoms with E-state index >= 15 is 0 Å². The van der Waals surface area contributed by atoms with E-state index in [1.165, 1.54) is 13.2 Å². The standard InChI is InChI=1S/C17H25FN2O3/c1-4-20(11-13-7-6-10-23-13)17(21)19-12(2)16-14(18)8-5-9-15(16)22-3/h5,8-9,12-13H,4,6-7,10-11H2,1-3H3,(H,19,21)/t12-,13+/m1/s1. The van der Waals surface area contributed by atoms with E-state index in [-0.39, 0.29) is 18.0 Å². The van der Waals surface area contributed by atoms with Crippen molar-refractivity contribution in [1.29, 1.82) is 0 Å². The van der Waals surface area contributed by atoms with Crippen molar-refractivity contribution in [1.82, 2.24) is 10.2 Å². The van der Waals surface area contributed by atoms with Crippen LogP contribution >= 0.6 is 0 Å². The van der Waals surface area contributed by atoms with E-state index in [0.29, 0.717) is 24.4 Å². The van der Waals surface area contributed by atoms with Gasteiger partial charge in [0.25, 0.3) is 0 Å². The van der Waals surface area contributed by atoms with Gasteiger partial charge in [-0.3, -0.25) is 0 Å². The van der Waals surface area contributed by atoms with Crippen LogP contribution in [0.25, 0.3) is 0 Å². The number of rotatable bonds is 6. The van der Waals surface area contributed by atoms with Gasteiger partial charge in [0, 0.05) is 19.7 Å². The van der Waals surface area contributed by atoms with E-state index in [1.807, 2.05) is 6.92 Å². The molecule has 2 rings (SSSR count). The zero-order valence-corrected chi connectivity index (χ0v) is 14.0. The fraction of sp³-hybridized carbons (Fsp3) is 0.588. The van der Waals surface area contributed by atoms with Crippen molar-refractivity contribution in [2.75, 3.05) is 26.8 Å². The molecule has 2 amide bonds. The van der Waals surface area contributed by atoms with E-state index in [2.05, 4.69) is 5.32 Å². The second-order valence-corrected chi connectivity index (χ2v) is 5.70. The number of nitrogens with zero attached hydrogens (tertiary/aromatic N) is 1. The van der Waals surface area contributed by atoms with Crippen molar-refractivity contribution in [2.45, 2.75) is 38.8 Å². The molecule has 0 spiro atoms. The Hall–Kier alpha value is -1.82. The van der Waals surface area contributed by atoms with Crippen LogP contribution in [0.3, 0.4) is 0 Å². The number of ether oxygens (including phenoxy) is 2. The third kappa shape index (κ3) is 4.34. The van der Waals surface area contributed by atoms with Crippen molar-refractivity contribution < 1.29 is 18.7 Å². The molecular weight excluding hydrogens is 299 g/mol. The second kappa shape index (κ2) is 8.15. The number of likely N-dealkylation sites (N-methyl/N-ethyl adjacent to an activating group) is 1. The fourth-order valence-electron chi connectivity index (χ4n) is 2.85. The summed E-state index contributed by atoms with van der Waals surface area (Å²) in [5.41, 5.74) is 0.358. The molecule has 23 heavy (non-hydrogen) atoms. The average Bonchev–Trinajstić information content (AvgIpc) is 3.04. The fourth-order valence-corrected chi connectivity index (χ4v) is 2.85. The van der Waals surface area contributed by atoms with Gasteiger partial charge in [0.15, 0.2) is 0 Å². The summed E-state index contributed by atoms with van der Waals surface area (Å²) in [5.74, 6) is 0.0410. The van der Waals surface area contributed by atoms with Crippen molar-refractivity contribution in [3.8, 4) is 5.75 Å². The molecule has 1 aliphatic heterocycles. The number of halogens is 1. The maximum absolute atomic E-state index is 14.1. The van der Waals surface area contributed by atoms with Crippen molar-refractivity contribution in [2.24, 2.45) is 0 Å². The van der Waals surface area contributed by atoms with Crippen LogP contribution in [-0.2, 0) is 4.74 Å². The Kier molecular flexibility index (Phi) is 6.21. The number of methoxy groups -OCH3 is 1. The molecule has 1 fully saturated rings. The number of nitrogens with one attached hydrogen (secondary N) is 1. The van der Waals surface area contributed by atoms with Gasteiger partial charge in [-0.2, -0.15) is 0 Å². The van der Waals surface area contributed by atoms with Gasteiger partial charge in [-0.1, -0.05) is 6.07 Å². The molecule has 5 nitrogen and oxygen atoms in total. The van der Waals surface area contributed by atoms with Crippen LogP contribution in [0.1, 0.15) is 38.3 Å². The quantitative estimate of drug-likeness (QED) is 0.875. The Morgan fingerprint density at radius 2 is 2.35 bits per heavy atom. The van der Waals surface area contributed by atoms with E-state index in [9.17, 15) is 9.18 Å². The molecule has 0 unspecified atom stereocenters. The highest BCUT2D eigenvalue weighted by Gasteiger charge is 2.24. The number of carbonyl (C=O) groups excluding carboxylic acids is 1. The smallest absolute Gasteiger partial charge is 0.317 e. The SMILES string of the molecule is CCN(C[C@@H]1CCCO1)C(=O)N[C@H](C)c1c(F)cccc1OC.